The van der Waals surface area contributed by atoms with Crippen LogP contribution in [0.1, 0.15) is 22.8 Å². The molecule has 0 atom stereocenters. The van der Waals surface area contributed by atoms with E-state index in [0.29, 0.717) is 48.7 Å². The molecule has 0 N–H and O–H groups in total. The maximum absolute atomic E-state index is 4.65. The topological polar surface area (TPSA) is 90.2 Å². The Kier molecular flexibility index (Phi) is 7.00. The summed E-state index contributed by atoms with van der Waals surface area (Å²) in [5, 5.41) is 17.1. The van der Waals surface area contributed by atoms with Crippen molar-refractivity contribution >= 4 is 0 Å². The summed E-state index contributed by atoms with van der Waals surface area (Å²) in [5.41, 5.74) is 4.34. The van der Waals surface area contributed by atoms with E-state index in [1.54, 1.807) is 24.3 Å². The summed E-state index contributed by atoms with van der Waals surface area (Å²) in [6, 6.07) is 5.52. The normalized spacial score (nSPS) is 10.4. The van der Waals surface area contributed by atoms with Crippen molar-refractivity contribution in [1.82, 2.24) is 35.3 Å². The number of pyridine rings is 1. The minimum absolute atomic E-state index is 0.434. The standard InChI is InChI=1S/C23H23N7/c1-5-10-16-18(12-7-3)27-29-22(25-16)20-14-9-15-21(24-20)23-26-17(11-6-2)19(13-8-4)28-30-23/h5-9,14-15H,1-4,10-13H2. The number of rotatable bonds is 10. The predicted molar refractivity (Wildman–Crippen MR) is 117 cm³/mol. The van der Waals surface area contributed by atoms with Crippen LogP contribution in [-0.4, -0.2) is 35.3 Å². The van der Waals surface area contributed by atoms with Gasteiger partial charge in [0.25, 0.3) is 0 Å². The molecule has 0 amide bonds. The van der Waals surface area contributed by atoms with Crippen molar-refractivity contribution in [2.45, 2.75) is 25.7 Å². The Morgan fingerprint density at radius 2 is 0.933 bits per heavy atom. The molecule has 0 aliphatic heterocycles. The van der Waals surface area contributed by atoms with Crippen LogP contribution in [-0.2, 0) is 25.7 Å². The van der Waals surface area contributed by atoms with Crippen molar-refractivity contribution in [2.75, 3.05) is 0 Å². The first-order chi connectivity index (χ1) is 14.7. The molecule has 0 saturated carbocycles. The lowest BCUT2D eigenvalue weighted by molar-refractivity contribution is 0.852. The quantitative estimate of drug-likeness (QED) is 0.482. The van der Waals surface area contributed by atoms with Gasteiger partial charge in [-0.15, -0.1) is 36.5 Å². The van der Waals surface area contributed by atoms with E-state index in [1.165, 1.54) is 0 Å². The SMILES string of the molecule is C=CCc1nnc(-c2cccc(-c3nnc(CC=C)c(CC=C)n3)n2)nc1CC=C. The summed E-state index contributed by atoms with van der Waals surface area (Å²) in [7, 11) is 0. The largest absolute Gasteiger partial charge is 0.241 e. The van der Waals surface area contributed by atoms with Crippen LogP contribution in [0.15, 0.2) is 68.8 Å². The number of aromatic nitrogens is 7. The van der Waals surface area contributed by atoms with Gasteiger partial charge >= 0.3 is 0 Å². The summed E-state index contributed by atoms with van der Waals surface area (Å²) in [6.07, 6.45) is 9.50. The molecule has 0 fully saturated rings. The first kappa shape index (κ1) is 20.9. The highest BCUT2D eigenvalue weighted by Gasteiger charge is 2.14. The third-order valence-electron chi connectivity index (χ3n) is 4.24. The summed E-state index contributed by atoms with van der Waals surface area (Å²) < 4.78 is 0. The number of hydrogen-bond acceptors (Lipinski definition) is 7. The molecule has 3 rings (SSSR count). The molecule has 3 aromatic heterocycles. The van der Waals surface area contributed by atoms with Crippen molar-refractivity contribution in [1.29, 1.82) is 0 Å². The van der Waals surface area contributed by atoms with E-state index >= 15 is 0 Å². The first-order valence-corrected chi connectivity index (χ1v) is 9.56. The van der Waals surface area contributed by atoms with E-state index in [2.05, 4.69) is 61.7 Å². The van der Waals surface area contributed by atoms with Crippen molar-refractivity contribution in [3.8, 4) is 23.0 Å². The van der Waals surface area contributed by atoms with E-state index in [-0.39, 0.29) is 0 Å². The van der Waals surface area contributed by atoms with Crippen molar-refractivity contribution in [3.05, 3.63) is 91.6 Å². The van der Waals surface area contributed by atoms with Gasteiger partial charge in [-0.3, -0.25) is 0 Å². The van der Waals surface area contributed by atoms with Gasteiger partial charge in [0.2, 0.25) is 11.6 Å². The summed E-state index contributed by atoms with van der Waals surface area (Å²) in [4.78, 5) is 13.9. The zero-order valence-electron chi connectivity index (χ0n) is 16.8. The second kappa shape index (κ2) is 10.1. The predicted octanol–water partition coefficient (Wildman–Crippen LogP) is 3.70. The third kappa shape index (κ3) is 4.75. The van der Waals surface area contributed by atoms with Crippen LogP contribution < -0.4 is 0 Å². The molecule has 0 aromatic carbocycles. The van der Waals surface area contributed by atoms with Gasteiger partial charge in [-0.25, -0.2) is 15.0 Å². The van der Waals surface area contributed by atoms with Gasteiger partial charge in [0, 0.05) is 25.7 Å². The zero-order valence-corrected chi connectivity index (χ0v) is 16.8. The van der Waals surface area contributed by atoms with Gasteiger partial charge in [-0.2, -0.15) is 10.2 Å². The molecule has 7 nitrogen and oxygen atoms in total. The Labute approximate surface area is 176 Å². The first-order valence-electron chi connectivity index (χ1n) is 9.56. The van der Waals surface area contributed by atoms with Crippen LogP contribution in [0.25, 0.3) is 23.0 Å². The number of hydrogen-bond donors (Lipinski definition) is 0. The molecule has 0 saturated heterocycles. The fourth-order valence-electron chi connectivity index (χ4n) is 2.85. The summed E-state index contributed by atoms with van der Waals surface area (Å²) in [5.74, 6) is 0.869. The van der Waals surface area contributed by atoms with Gasteiger partial charge in [-0.1, -0.05) is 30.4 Å². The Balaban J connectivity index is 2.00. The van der Waals surface area contributed by atoms with Crippen LogP contribution in [0.2, 0.25) is 0 Å². The minimum Gasteiger partial charge on any atom is -0.241 e. The van der Waals surface area contributed by atoms with Crippen LogP contribution in [0.5, 0.6) is 0 Å². The summed E-state index contributed by atoms with van der Waals surface area (Å²) in [6.45, 7) is 15.1. The maximum atomic E-state index is 4.65. The second-order valence-electron chi connectivity index (χ2n) is 6.44. The molecule has 0 aliphatic carbocycles. The van der Waals surface area contributed by atoms with Gasteiger partial charge < -0.3 is 0 Å². The maximum Gasteiger partial charge on any atom is 0.200 e. The monoisotopic (exact) mass is 397 g/mol. The fourth-order valence-corrected chi connectivity index (χ4v) is 2.85. The number of allylic oxidation sites excluding steroid dienone is 4. The third-order valence-corrected chi connectivity index (χ3v) is 4.24. The van der Waals surface area contributed by atoms with E-state index in [0.717, 1.165) is 22.8 Å². The molecule has 30 heavy (non-hydrogen) atoms. The van der Waals surface area contributed by atoms with Crippen molar-refractivity contribution < 1.29 is 0 Å². The van der Waals surface area contributed by atoms with Crippen molar-refractivity contribution in [2.24, 2.45) is 0 Å². The molecule has 0 aliphatic rings. The Morgan fingerprint density at radius 3 is 1.33 bits per heavy atom. The highest BCUT2D eigenvalue weighted by molar-refractivity contribution is 5.57. The van der Waals surface area contributed by atoms with Gasteiger partial charge in [0.15, 0.2) is 0 Å². The molecule has 0 spiro atoms. The van der Waals surface area contributed by atoms with Gasteiger partial charge in [0.1, 0.15) is 11.4 Å². The molecule has 0 bridgehead atoms. The van der Waals surface area contributed by atoms with Crippen LogP contribution in [0.4, 0.5) is 0 Å². The molecular weight excluding hydrogens is 374 g/mol. The molecular formula is C23H23N7. The van der Waals surface area contributed by atoms with Crippen molar-refractivity contribution in [3.63, 3.8) is 0 Å². The smallest absolute Gasteiger partial charge is 0.200 e. The van der Waals surface area contributed by atoms with Crippen LogP contribution in [0.3, 0.4) is 0 Å². The Hall–Kier alpha value is -3.87. The molecule has 3 heterocycles. The second-order valence-corrected chi connectivity index (χ2v) is 6.44. The van der Waals surface area contributed by atoms with E-state index < -0.39 is 0 Å². The van der Waals surface area contributed by atoms with Gasteiger partial charge in [0.05, 0.1) is 22.8 Å². The zero-order chi connectivity index (χ0) is 21.3. The molecule has 0 radical (unpaired) electrons. The fraction of sp³-hybridized carbons (Fsp3) is 0.174. The number of nitrogens with zero attached hydrogens (tertiary/aromatic N) is 7. The highest BCUT2D eigenvalue weighted by atomic mass is 15.2. The van der Waals surface area contributed by atoms with E-state index in [9.17, 15) is 0 Å². The molecule has 7 heteroatoms. The Bertz CT molecular complexity index is 1010. The highest BCUT2D eigenvalue weighted by Crippen LogP contribution is 2.19. The van der Waals surface area contributed by atoms with E-state index in [4.69, 9.17) is 0 Å². The lowest BCUT2D eigenvalue weighted by Crippen LogP contribution is -2.07. The van der Waals surface area contributed by atoms with Crippen LogP contribution in [0, 0.1) is 0 Å². The average Bonchev–Trinajstić information content (AvgIpc) is 2.77. The lowest BCUT2D eigenvalue weighted by Gasteiger charge is -2.08. The van der Waals surface area contributed by atoms with Crippen LogP contribution >= 0.6 is 0 Å². The molecule has 3 aromatic rings. The molecule has 150 valence electrons. The average molecular weight is 397 g/mol. The lowest BCUT2D eigenvalue weighted by atomic mass is 10.2. The Morgan fingerprint density at radius 1 is 0.533 bits per heavy atom. The molecule has 0 unspecified atom stereocenters. The van der Waals surface area contributed by atoms with Gasteiger partial charge in [-0.05, 0) is 12.1 Å². The van der Waals surface area contributed by atoms with E-state index in [1.807, 2.05) is 18.2 Å². The minimum atomic E-state index is 0.434. The summed E-state index contributed by atoms with van der Waals surface area (Å²) >= 11 is 0.